The molecule has 1 aromatic carbocycles. The van der Waals surface area contributed by atoms with Crippen LogP contribution in [0.2, 0.25) is 25.7 Å². The van der Waals surface area contributed by atoms with Crippen LogP contribution in [0.4, 0.5) is 13.2 Å². The van der Waals surface area contributed by atoms with E-state index in [0.29, 0.717) is 41.1 Å². The molecule has 5 heterocycles. The highest BCUT2D eigenvalue weighted by Crippen LogP contribution is 2.38. The monoisotopic (exact) mass is 642 g/mol. The Hall–Kier alpha value is -3.62. The lowest BCUT2D eigenvalue weighted by atomic mass is 10.0. The number of hydrogen-bond donors (Lipinski definition) is 1. The molecule has 1 unspecified atom stereocenters. The molecular formula is C31H37F3N6O4Si. The zero-order chi connectivity index (χ0) is 32.1. The van der Waals surface area contributed by atoms with E-state index in [2.05, 4.69) is 35.0 Å². The lowest BCUT2D eigenvalue weighted by Gasteiger charge is -2.29. The quantitative estimate of drug-likeness (QED) is 0.203. The summed E-state index contributed by atoms with van der Waals surface area (Å²) in [5.41, 5.74) is 1.84. The number of benzene rings is 1. The first-order valence-electron chi connectivity index (χ1n) is 15.3. The molecule has 0 bridgehead atoms. The van der Waals surface area contributed by atoms with Gasteiger partial charge in [-0.15, -0.1) is 0 Å². The number of aromatic nitrogens is 3. The summed E-state index contributed by atoms with van der Waals surface area (Å²) in [5.74, 6) is -1.15. The van der Waals surface area contributed by atoms with E-state index in [-0.39, 0.29) is 49.0 Å². The third kappa shape index (κ3) is 6.54. The van der Waals surface area contributed by atoms with E-state index in [0.717, 1.165) is 32.0 Å². The van der Waals surface area contributed by atoms with Gasteiger partial charge in [0.15, 0.2) is 11.3 Å². The van der Waals surface area contributed by atoms with E-state index >= 15 is 0 Å². The highest BCUT2D eigenvalue weighted by atomic mass is 28.3. The number of alkyl halides is 3. The summed E-state index contributed by atoms with van der Waals surface area (Å²) in [4.78, 5) is 45.7. The minimum Gasteiger partial charge on any atom is -0.359 e. The van der Waals surface area contributed by atoms with Gasteiger partial charge < -0.3 is 9.64 Å². The van der Waals surface area contributed by atoms with Crippen molar-refractivity contribution in [2.24, 2.45) is 0 Å². The average molecular weight is 643 g/mol. The van der Waals surface area contributed by atoms with Crippen molar-refractivity contribution < 1.29 is 32.3 Å². The second kappa shape index (κ2) is 12.0. The molecule has 45 heavy (non-hydrogen) atoms. The molecule has 0 aliphatic carbocycles. The molecule has 10 nitrogen and oxygen atoms in total. The van der Waals surface area contributed by atoms with Gasteiger partial charge in [-0.1, -0.05) is 25.7 Å². The van der Waals surface area contributed by atoms with Crippen molar-refractivity contribution in [3.05, 3.63) is 46.6 Å². The maximum absolute atomic E-state index is 14.4. The minimum absolute atomic E-state index is 0.0210. The van der Waals surface area contributed by atoms with Crippen LogP contribution in [0.15, 0.2) is 24.3 Å². The molecule has 3 amide bonds. The fraction of sp³-hybridized carbons (Fsp3) is 0.516. The first kappa shape index (κ1) is 31.4. The smallest absolute Gasteiger partial charge is 0.359 e. The van der Waals surface area contributed by atoms with Gasteiger partial charge in [0.25, 0.3) is 5.91 Å². The lowest BCUT2D eigenvalue weighted by molar-refractivity contribution is -0.140. The van der Waals surface area contributed by atoms with Crippen LogP contribution in [0.3, 0.4) is 0 Å². The molecule has 1 N–H and O–H groups in total. The van der Waals surface area contributed by atoms with Crippen molar-refractivity contribution >= 4 is 36.8 Å². The van der Waals surface area contributed by atoms with Crippen LogP contribution in [-0.4, -0.2) is 76.1 Å². The number of fused-ring (bicyclic) bond motifs is 2. The molecular weight excluding hydrogens is 605 g/mol. The second-order valence-electron chi connectivity index (χ2n) is 13.3. The molecule has 2 saturated heterocycles. The van der Waals surface area contributed by atoms with Gasteiger partial charge in [-0.25, -0.2) is 9.67 Å². The fourth-order valence-electron chi connectivity index (χ4n) is 6.25. The maximum Gasteiger partial charge on any atom is 0.435 e. The van der Waals surface area contributed by atoms with E-state index in [1.807, 2.05) is 6.07 Å². The van der Waals surface area contributed by atoms with E-state index in [1.54, 1.807) is 18.2 Å². The van der Waals surface area contributed by atoms with Crippen molar-refractivity contribution in [3.63, 3.8) is 0 Å². The van der Waals surface area contributed by atoms with Crippen LogP contribution in [-0.2, 0) is 40.3 Å². The summed E-state index contributed by atoms with van der Waals surface area (Å²) in [7, 11) is -1.41. The van der Waals surface area contributed by atoms with Crippen LogP contribution in [0, 0.1) is 0 Å². The maximum atomic E-state index is 14.4. The van der Waals surface area contributed by atoms with Crippen molar-refractivity contribution in [3.8, 4) is 11.3 Å². The third-order valence-electron chi connectivity index (χ3n) is 8.67. The van der Waals surface area contributed by atoms with Gasteiger partial charge in [-0.05, 0) is 67.7 Å². The van der Waals surface area contributed by atoms with E-state index in [4.69, 9.17) is 9.72 Å². The number of nitrogens with zero attached hydrogens (tertiary/aromatic N) is 5. The van der Waals surface area contributed by atoms with Crippen molar-refractivity contribution in [1.82, 2.24) is 29.9 Å². The minimum atomic E-state index is -4.68. The molecule has 6 rings (SSSR count). The zero-order valence-corrected chi connectivity index (χ0v) is 26.7. The number of carbonyl (C=O) groups excluding carboxylic acids is 3. The fourth-order valence-corrected chi connectivity index (χ4v) is 7.01. The summed E-state index contributed by atoms with van der Waals surface area (Å²) in [6.07, 6.45) is -2.31. The van der Waals surface area contributed by atoms with Gasteiger partial charge in [-0.2, -0.15) is 18.3 Å². The largest absolute Gasteiger partial charge is 0.435 e. The predicted molar refractivity (Wildman–Crippen MR) is 163 cm³/mol. The van der Waals surface area contributed by atoms with Gasteiger partial charge in [0.2, 0.25) is 11.8 Å². The number of amides is 3. The molecule has 2 fully saturated rings. The number of ether oxygens (including phenoxy) is 1. The number of likely N-dealkylation sites (tertiary alicyclic amines) is 1. The number of imide groups is 1. The van der Waals surface area contributed by atoms with Crippen LogP contribution < -0.4 is 5.32 Å². The molecule has 3 aliphatic rings. The van der Waals surface area contributed by atoms with Crippen molar-refractivity contribution in [1.29, 1.82) is 0 Å². The Morgan fingerprint density at radius 3 is 2.53 bits per heavy atom. The number of rotatable bonds is 9. The number of pyridine rings is 1. The Kier molecular flexibility index (Phi) is 8.33. The number of hydrogen-bond acceptors (Lipinski definition) is 7. The van der Waals surface area contributed by atoms with E-state index in [1.165, 1.54) is 9.58 Å². The summed E-state index contributed by atoms with van der Waals surface area (Å²) in [6.45, 7) is 8.97. The lowest BCUT2D eigenvalue weighted by Crippen LogP contribution is -2.52. The van der Waals surface area contributed by atoms with Crippen LogP contribution >= 0.6 is 0 Å². The molecule has 2 aromatic heterocycles. The van der Waals surface area contributed by atoms with Gasteiger partial charge in [0, 0.05) is 45.3 Å². The van der Waals surface area contributed by atoms with Gasteiger partial charge >= 0.3 is 6.18 Å². The predicted octanol–water partition coefficient (Wildman–Crippen LogP) is 4.79. The normalized spacial score (nSPS) is 19.6. The van der Waals surface area contributed by atoms with E-state index in [9.17, 15) is 27.6 Å². The average Bonchev–Trinajstić information content (AvgIpc) is 3.68. The number of halogens is 3. The van der Waals surface area contributed by atoms with Gasteiger partial charge in [-0.3, -0.25) is 24.6 Å². The summed E-state index contributed by atoms with van der Waals surface area (Å²) in [5, 5.41) is 6.27. The molecule has 0 saturated carbocycles. The molecule has 1 atom stereocenters. The zero-order valence-electron chi connectivity index (χ0n) is 25.7. The summed E-state index contributed by atoms with van der Waals surface area (Å²) >= 11 is 0. The molecule has 3 aliphatic heterocycles. The highest BCUT2D eigenvalue weighted by molar-refractivity contribution is 6.76. The number of carbonyl (C=O) groups is 3. The Labute approximate surface area is 259 Å². The molecule has 240 valence electrons. The Morgan fingerprint density at radius 1 is 1.09 bits per heavy atom. The van der Waals surface area contributed by atoms with Crippen molar-refractivity contribution in [2.45, 2.75) is 83.4 Å². The highest BCUT2D eigenvalue weighted by Gasteiger charge is 2.40. The second-order valence-corrected chi connectivity index (χ2v) is 18.9. The van der Waals surface area contributed by atoms with Crippen LogP contribution in [0.5, 0.6) is 0 Å². The molecule has 14 heteroatoms. The van der Waals surface area contributed by atoms with Crippen molar-refractivity contribution in [2.75, 3.05) is 19.7 Å². The number of nitrogens with one attached hydrogen (secondary N) is 1. The standard InChI is InChI=1S/C31H37F3N6O4Si/c1-45(2,3)13-12-44-18-40-28-26(27(37-40)31(32,33)34)21(16-38-10-4-5-11-38)15-23(35-28)19-6-7-22-20(14-19)17-39(30(22)43)24-8-9-25(41)36-29(24)42/h6-7,14-15,24H,4-5,8-13,16-18H2,1-3H3,(H,36,41,42). The van der Waals surface area contributed by atoms with Gasteiger partial charge in [0.1, 0.15) is 12.8 Å². The Balaban J connectivity index is 1.38. The molecule has 0 radical (unpaired) electrons. The van der Waals surface area contributed by atoms with Gasteiger partial charge in [0.05, 0.1) is 11.1 Å². The topological polar surface area (TPSA) is 110 Å². The Morgan fingerprint density at radius 2 is 1.84 bits per heavy atom. The first-order chi connectivity index (χ1) is 21.3. The first-order valence-corrected chi connectivity index (χ1v) is 19.0. The Bertz CT molecular complexity index is 1660. The molecule has 0 spiro atoms. The van der Waals surface area contributed by atoms with E-state index < -0.39 is 31.9 Å². The SMILES string of the molecule is C[Si](C)(C)CCOCn1nc(C(F)(F)F)c2c(CN3CCCC3)cc(-c3ccc4c(c3)CN(C3CCC(=O)NC3=O)C4=O)nc21. The summed E-state index contributed by atoms with van der Waals surface area (Å²) < 4.78 is 50.2. The van der Waals surface area contributed by atoms with Crippen LogP contribution in [0.1, 0.15) is 52.9 Å². The van der Waals surface area contributed by atoms with Crippen LogP contribution in [0.25, 0.3) is 22.3 Å². The number of piperidine rings is 1. The molecule has 3 aromatic rings. The summed E-state index contributed by atoms with van der Waals surface area (Å²) in [6, 6.07) is 7.02. The third-order valence-corrected chi connectivity index (χ3v) is 10.4.